The van der Waals surface area contributed by atoms with Gasteiger partial charge in [-0.2, -0.15) is 0 Å². The van der Waals surface area contributed by atoms with Gasteiger partial charge < -0.3 is 0 Å². The highest BCUT2D eigenvalue weighted by molar-refractivity contribution is 5.87. The van der Waals surface area contributed by atoms with Crippen molar-refractivity contribution in [2.24, 2.45) is 0 Å². The van der Waals surface area contributed by atoms with E-state index >= 15 is 0 Å². The van der Waals surface area contributed by atoms with Crippen LogP contribution < -0.4 is 0 Å². The number of carbonyl (C=O) groups is 1. The lowest BCUT2D eigenvalue weighted by molar-refractivity contribution is -0.112. The van der Waals surface area contributed by atoms with Crippen LogP contribution in [0, 0.1) is 0 Å². The molecular formula is C14H27NO. The van der Waals surface area contributed by atoms with Crippen LogP contribution in [0.2, 0.25) is 0 Å². The molecule has 0 aromatic heterocycles. The van der Waals surface area contributed by atoms with Crippen molar-refractivity contribution in [3.63, 3.8) is 0 Å². The van der Waals surface area contributed by atoms with E-state index in [2.05, 4.69) is 18.7 Å². The van der Waals surface area contributed by atoms with Crippen LogP contribution in [0.3, 0.4) is 0 Å². The number of ketones is 1. The van der Waals surface area contributed by atoms with E-state index in [-0.39, 0.29) is 5.78 Å². The lowest BCUT2D eigenvalue weighted by atomic mass is 10.2. The molecule has 0 radical (unpaired) electrons. The molecule has 0 bridgehead atoms. The fraction of sp³-hybridized carbons (Fsp3) is 0.786. The standard InChI is InChI=1S/C14H27NO/c1-4-6-8-12-15(11-7-5-2)13-9-10-14(3)16/h9-10H,4-8,11-13H2,1-3H3/b10-9+. The van der Waals surface area contributed by atoms with Gasteiger partial charge in [0.25, 0.3) is 0 Å². The molecule has 0 atom stereocenters. The molecule has 94 valence electrons. The van der Waals surface area contributed by atoms with E-state index in [0.717, 1.165) is 19.6 Å². The first-order valence-electron chi connectivity index (χ1n) is 6.60. The Balaban J connectivity index is 3.84. The molecule has 0 unspecified atom stereocenters. The van der Waals surface area contributed by atoms with Gasteiger partial charge in [0.2, 0.25) is 0 Å². The molecule has 0 amide bonds. The zero-order valence-electron chi connectivity index (χ0n) is 11.2. The molecule has 0 fully saturated rings. The fourth-order valence-electron chi connectivity index (χ4n) is 1.63. The second kappa shape index (κ2) is 10.9. The Bertz CT molecular complexity index is 199. The lowest BCUT2D eigenvalue weighted by Crippen LogP contribution is -2.26. The Morgan fingerprint density at radius 1 is 1.06 bits per heavy atom. The summed E-state index contributed by atoms with van der Waals surface area (Å²) in [6, 6.07) is 0. The van der Waals surface area contributed by atoms with Crippen molar-refractivity contribution in [1.29, 1.82) is 0 Å². The van der Waals surface area contributed by atoms with Crippen LogP contribution in [0.1, 0.15) is 52.9 Å². The normalized spacial score (nSPS) is 11.5. The average Bonchev–Trinajstić information content (AvgIpc) is 2.25. The SMILES string of the molecule is CCCCCN(C/C=C/C(C)=O)CCCC. The molecule has 2 heteroatoms. The van der Waals surface area contributed by atoms with Gasteiger partial charge >= 0.3 is 0 Å². The van der Waals surface area contributed by atoms with Crippen molar-refractivity contribution < 1.29 is 4.79 Å². The van der Waals surface area contributed by atoms with E-state index in [0.29, 0.717) is 0 Å². The Hall–Kier alpha value is -0.630. The van der Waals surface area contributed by atoms with Gasteiger partial charge in [-0.1, -0.05) is 39.2 Å². The van der Waals surface area contributed by atoms with Crippen molar-refractivity contribution in [2.45, 2.75) is 52.9 Å². The van der Waals surface area contributed by atoms with Crippen LogP contribution in [0.15, 0.2) is 12.2 Å². The van der Waals surface area contributed by atoms with Crippen molar-refractivity contribution in [1.82, 2.24) is 4.90 Å². The van der Waals surface area contributed by atoms with Gasteiger partial charge in [-0.05, 0) is 38.9 Å². The van der Waals surface area contributed by atoms with Crippen LogP contribution in [0.4, 0.5) is 0 Å². The summed E-state index contributed by atoms with van der Waals surface area (Å²) in [5, 5.41) is 0. The summed E-state index contributed by atoms with van der Waals surface area (Å²) >= 11 is 0. The Morgan fingerprint density at radius 3 is 2.25 bits per heavy atom. The molecule has 0 spiro atoms. The van der Waals surface area contributed by atoms with Crippen molar-refractivity contribution >= 4 is 5.78 Å². The van der Waals surface area contributed by atoms with E-state index in [4.69, 9.17) is 0 Å². The molecule has 0 aromatic carbocycles. The highest BCUT2D eigenvalue weighted by Gasteiger charge is 2.01. The number of nitrogens with zero attached hydrogens (tertiary/aromatic N) is 1. The number of carbonyl (C=O) groups excluding carboxylic acids is 1. The second-order valence-corrected chi connectivity index (χ2v) is 4.37. The average molecular weight is 225 g/mol. The number of rotatable bonds is 10. The maximum atomic E-state index is 10.8. The summed E-state index contributed by atoms with van der Waals surface area (Å²) in [5.41, 5.74) is 0. The molecule has 16 heavy (non-hydrogen) atoms. The third kappa shape index (κ3) is 9.91. The predicted molar refractivity (Wildman–Crippen MR) is 70.7 cm³/mol. The topological polar surface area (TPSA) is 20.3 Å². The minimum absolute atomic E-state index is 0.143. The van der Waals surface area contributed by atoms with Crippen LogP contribution in [0.25, 0.3) is 0 Å². The molecule has 0 N–H and O–H groups in total. The van der Waals surface area contributed by atoms with Crippen LogP contribution in [-0.2, 0) is 4.79 Å². The van der Waals surface area contributed by atoms with E-state index in [1.807, 2.05) is 6.08 Å². The van der Waals surface area contributed by atoms with Gasteiger partial charge in [-0.3, -0.25) is 9.69 Å². The monoisotopic (exact) mass is 225 g/mol. The van der Waals surface area contributed by atoms with E-state index < -0.39 is 0 Å². The third-order valence-corrected chi connectivity index (χ3v) is 2.62. The summed E-state index contributed by atoms with van der Waals surface area (Å²) in [4.78, 5) is 13.2. The highest BCUT2D eigenvalue weighted by atomic mass is 16.1. The van der Waals surface area contributed by atoms with Gasteiger partial charge in [0.05, 0.1) is 0 Å². The summed E-state index contributed by atoms with van der Waals surface area (Å²) in [5.74, 6) is 0.143. The largest absolute Gasteiger partial charge is 0.300 e. The van der Waals surface area contributed by atoms with Crippen molar-refractivity contribution in [2.75, 3.05) is 19.6 Å². The smallest absolute Gasteiger partial charge is 0.152 e. The van der Waals surface area contributed by atoms with E-state index in [1.54, 1.807) is 13.0 Å². The Morgan fingerprint density at radius 2 is 1.69 bits per heavy atom. The molecule has 0 aromatic rings. The van der Waals surface area contributed by atoms with Gasteiger partial charge in [0.1, 0.15) is 0 Å². The van der Waals surface area contributed by atoms with Gasteiger partial charge in [0, 0.05) is 6.54 Å². The second-order valence-electron chi connectivity index (χ2n) is 4.37. The van der Waals surface area contributed by atoms with E-state index in [9.17, 15) is 4.79 Å². The lowest BCUT2D eigenvalue weighted by Gasteiger charge is -2.20. The summed E-state index contributed by atoms with van der Waals surface area (Å²) in [6.07, 6.45) is 10.0. The minimum Gasteiger partial charge on any atom is -0.300 e. The first kappa shape index (κ1) is 15.4. The molecule has 0 heterocycles. The Labute approximate surface area is 101 Å². The minimum atomic E-state index is 0.143. The Kier molecular flexibility index (Phi) is 10.4. The molecule has 0 aliphatic rings. The van der Waals surface area contributed by atoms with Gasteiger partial charge in [-0.15, -0.1) is 0 Å². The van der Waals surface area contributed by atoms with Gasteiger partial charge in [0.15, 0.2) is 5.78 Å². The highest BCUT2D eigenvalue weighted by Crippen LogP contribution is 2.01. The molecule has 0 saturated carbocycles. The number of hydrogen-bond acceptors (Lipinski definition) is 2. The molecular weight excluding hydrogens is 198 g/mol. The number of hydrogen-bond donors (Lipinski definition) is 0. The number of allylic oxidation sites excluding steroid dienone is 1. The maximum Gasteiger partial charge on any atom is 0.152 e. The zero-order valence-corrected chi connectivity index (χ0v) is 11.2. The molecule has 0 aliphatic carbocycles. The molecule has 0 rings (SSSR count). The predicted octanol–water partition coefficient (Wildman–Crippen LogP) is 3.42. The van der Waals surface area contributed by atoms with Crippen molar-refractivity contribution in [3.05, 3.63) is 12.2 Å². The van der Waals surface area contributed by atoms with Crippen LogP contribution >= 0.6 is 0 Å². The molecule has 0 saturated heterocycles. The van der Waals surface area contributed by atoms with Crippen LogP contribution in [0.5, 0.6) is 0 Å². The van der Waals surface area contributed by atoms with Gasteiger partial charge in [-0.25, -0.2) is 0 Å². The van der Waals surface area contributed by atoms with E-state index in [1.165, 1.54) is 32.1 Å². The summed E-state index contributed by atoms with van der Waals surface area (Å²) in [6.45, 7) is 9.29. The van der Waals surface area contributed by atoms with Crippen molar-refractivity contribution in [3.8, 4) is 0 Å². The fourth-order valence-corrected chi connectivity index (χ4v) is 1.63. The summed E-state index contributed by atoms with van der Waals surface area (Å²) < 4.78 is 0. The molecule has 0 aliphatic heterocycles. The first-order chi connectivity index (χ1) is 7.70. The summed E-state index contributed by atoms with van der Waals surface area (Å²) in [7, 11) is 0. The van der Waals surface area contributed by atoms with Crippen LogP contribution in [-0.4, -0.2) is 30.3 Å². The zero-order chi connectivity index (χ0) is 12.2. The number of unbranched alkanes of at least 4 members (excludes halogenated alkanes) is 3. The molecule has 2 nitrogen and oxygen atoms in total. The first-order valence-corrected chi connectivity index (χ1v) is 6.60. The quantitative estimate of drug-likeness (QED) is 0.419. The maximum absolute atomic E-state index is 10.8. The third-order valence-electron chi connectivity index (χ3n) is 2.62.